The van der Waals surface area contributed by atoms with Crippen LogP contribution in [0.2, 0.25) is 0 Å². The summed E-state index contributed by atoms with van der Waals surface area (Å²) in [5.74, 6) is 0.634. The molecule has 0 fully saturated rings. The van der Waals surface area contributed by atoms with E-state index in [1.54, 1.807) is 17.8 Å². The van der Waals surface area contributed by atoms with Crippen molar-refractivity contribution in [3.63, 3.8) is 0 Å². The highest BCUT2D eigenvalue weighted by atomic mass is 32.2. The highest BCUT2D eigenvalue weighted by Gasteiger charge is 2.15. The zero-order valence-electron chi connectivity index (χ0n) is 13.0. The predicted molar refractivity (Wildman–Crippen MR) is 93.6 cm³/mol. The molecule has 1 N–H and O–H groups in total. The second-order valence-corrected chi connectivity index (χ2v) is 5.78. The fraction of sp³-hybridized carbons (Fsp3) is 0.167. The van der Waals surface area contributed by atoms with Crippen LogP contribution in [0.25, 0.3) is 11.0 Å². The molecule has 0 aliphatic heterocycles. The Morgan fingerprint density at radius 2 is 2.00 bits per heavy atom. The molecule has 0 aliphatic rings. The van der Waals surface area contributed by atoms with Gasteiger partial charge in [0.05, 0.1) is 6.61 Å². The second-order valence-electron chi connectivity index (χ2n) is 4.90. The van der Waals surface area contributed by atoms with Gasteiger partial charge in [0.2, 0.25) is 0 Å². The second kappa shape index (κ2) is 6.79. The molecule has 1 aromatic heterocycles. The maximum Gasteiger partial charge on any atom is 0.291 e. The number of rotatable bonds is 5. The number of amides is 1. The van der Waals surface area contributed by atoms with Gasteiger partial charge in [-0.3, -0.25) is 4.79 Å². The zero-order chi connectivity index (χ0) is 16.2. The number of hydrogen-bond acceptors (Lipinski definition) is 4. The van der Waals surface area contributed by atoms with Crippen molar-refractivity contribution in [2.75, 3.05) is 18.2 Å². The lowest BCUT2D eigenvalue weighted by Crippen LogP contribution is -2.10. The van der Waals surface area contributed by atoms with Crippen molar-refractivity contribution in [1.82, 2.24) is 0 Å². The highest BCUT2D eigenvalue weighted by molar-refractivity contribution is 7.98. The number of carbonyl (C=O) groups is 1. The Labute approximate surface area is 138 Å². The molecule has 0 aliphatic carbocycles. The van der Waals surface area contributed by atoms with Crippen molar-refractivity contribution in [2.45, 2.75) is 11.8 Å². The van der Waals surface area contributed by atoms with E-state index in [1.807, 2.05) is 55.6 Å². The molecule has 118 valence electrons. The van der Waals surface area contributed by atoms with Gasteiger partial charge in [0, 0.05) is 16.0 Å². The van der Waals surface area contributed by atoms with E-state index >= 15 is 0 Å². The molecule has 0 saturated carbocycles. The molecule has 0 unspecified atom stereocenters. The van der Waals surface area contributed by atoms with Crippen molar-refractivity contribution in [2.24, 2.45) is 0 Å². The molecule has 0 saturated heterocycles. The number of hydrogen-bond donors (Lipinski definition) is 1. The first-order valence-electron chi connectivity index (χ1n) is 7.32. The lowest BCUT2D eigenvalue weighted by atomic mass is 10.2. The summed E-state index contributed by atoms with van der Waals surface area (Å²) < 4.78 is 11.2. The van der Waals surface area contributed by atoms with Crippen LogP contribution < -0.4 is 10.1 Å². The first-order valence-corrected chi connectivity index (χ1v) is 8.54. The van der Waals surface area contributed by atoms with Crippen LogP contribution >= 0.6 is 11.8 Å². The first-order chi connectivity index (χ1) is 11.2. The van der Waals surface area contributed by atoms with Gasteiger partial charge < -0.3 is 14.5 Å². The smallest absolute Gasteiger partial charge is 0.291 e. The molecule has 23 heavy (non-hydrogen) atoms. The monoisotopic (exact) mass is 327 g/mol. The van der Waals surface area contributed by atoms with E-state index in [1.165, 1.54) is 0 Å². The van der Waals surface area contributed by atoms with Gasteiger partial charge in [0.25, 0.3) is 5.91 Å². The maximum atomic E-state index is 12.4. The summed E-state index contributed by atoms with van der Waals surface area (Å²) in [6.45, 7) is 2.46. The lowest BCUT2D eigenvalue weighted by molar-refractivity contribution is 0.0998. The standard InChI is InChI=1S/C18H17NO3S/c1-3-21-15-6-4-5-12-11-16(22-17(12)15)18(20)19-13-7-9-14(23-2)10-8-13/h4-11H,3H2,1-2H3,(H,19,20). The number of fused-ring (bicyclic) bond motifs is 1. The molecule has 1 heterocycles. The third-order valence-electron chi connectivity index (χ3n) is 3.38. The Kier molecular flexibility index (Phi) is 4.57. The van der Waals surface area contributed by atoms with Crippen molar-refractivity contribution in [1.29, 1.82) is 0 Å². The summed E-state index contributed by atoms with van der Waals surface area (Å²) in [6, 6.07) is 15.0. The van der Waals surface area contributed by atoms with E-state index in [0.717, 1.165) is 16.0 Å². The molecule has 3 rings (SSSR count). The summed E-state index contributed by atoms with van der Waals surface area (Å²) in [6.07, 6.45) is 2.01. The number of thioether (sulfide) groups is 1. The van der Waals surface area contributed by atoms with Crippen LogP contribution in [0, 0.1) is 0 Å². The molecule has 0 radical (unpaired) electrons. The number of ether oxygens (including phenoxy) is 1. The average molecular weight is 327 g/mol. The predicted octanol–water partition coefficient (Wildman–Crippen LogP) is 4.81. The summed E-state index contributed by atoms with van der Waals surface area (Å²) in [5, 5.41) is 3.69. The number of nitrogens with one attached hydrogen (secondary N) is 1. The Bertz CT molecular complexity index is 824. The highest BCUT2D eigenvalue weighted by Crippen LogP contribution is 2.29. The van der Waals surface area contributed by atoms with E-state index in [4.69, 9.17) is 9.15 Å². The molecule has 3 aromatic rings. The average Bonchev–Trinajstić information content (AvgIpc) is 3.01. The van der Waals surface area contributed by atoms with Crippen molar-refractivity contribution >= 4 is 34.3 Å². The van der Waals surface area contributed by atoms with Crippen molar-refractivity contribution in [3.8, 4) is 5.75 Å². The Morgan fingerprint density at radius 3 is 2.70 bits per heavy atom. The summed E-state index contributed by atoms with van der Waals surface area (Å²) in [7, 11) is 0. The van der Waals surface area contributed by atoms with Crippen LogP contribution in [0.5, 0.6) is 5.75 Å². The maximum absolute atomic E-state index is 12.4. The number of anilines is 1. The molecule has 5 heteroatoms. The summed E-state index contributed by atoms with van der Waals surface area (Å²) in [4.78, 5) is 13.5. The van der Waals surface area contributed by atoms with Crippen LogP contribution in [0.15, 0.2) is 57.8 Å². The van der Waals surface area contributed by atoms with Gasteiger partial charge in [-0.15, -0.1) is 11.8 Å². The number of para-hydroxylation sites is 1. The van der Waals surface area contributed by atoms with Crippen molar-refractivity contribution in [3.05, 3.63) is 54.3 Å². The van der Waals surface area contributed by atoms with Gasteiger partial charge in [-0.25, -0.2) is 0 Å². The van der Waals surface area contributed by atoms with Gasteiger partial charge in [-0.05, 0) is 49.6 Å². The SMILES string of the molecule is CCOc1cccc2cc(C(=O)Nc3ccc(SC)cc3)oc12. The van der Waals surface area contributed by atoms with E-state index in [9.17, 15) is 4.79 Å². The fourth-order valence-electron chi connectivity index (χ4n) is 2.28. The number of benzene rings is 2. The third-order valence-corrected chi connectivity index (χ3v) is 4.12. The zero-order valence-corrected chi connectivity index (χ0v) is 13.8. The molecule has 0 atom stereocenters. The van der Waals surface area contributed by atoms with Crippen LogP contribution in [0.3, 0.4) is 0 Å². The van der Waals surface area contributed by atoms with Gasteiger partial charge in [-0.1, -0.05) is 12.1 Å². The van der Waals surface area contributed by atoms with Crippen LogP contribution in [0.4, 0.5) is 5.69 Å². The molecule has 0 spiro atoms. The lowest BCUT2D eigenvalue weighted by Gasteiger charge is -2.04. The first kappa shape index (κ1) is 15.5. The van der Waals surface area contributed by atoms with Gasteiger partial charge in [0.15, 0.2) is 17.1 Å². The van der Waals surface area contributed by atoms with Crippen molar-refractivity contribution < 1.29 is 13.9 Å². The van der Waals surface area contributed by atoms with Crippen LogP contribution in [-0.2, 0) is 0 Å². The molecule has 0 bridgehead atoms. The summed E-state index contributed by atoms with van der Waals surface area (Å²) in [5.41, 5.74) is 1.33. The molecular weight excluding hydrogens is 310 g/mol. The van der Waals surface area contributed by atoms with E-state index in [-0.39, 0.29) is 11.7 Å². The van der Waals surface area contributed by atoms with E-state index < -0.39 is 0 Å². The Hall–Kier alpha value is -2.40. The largest absolute Gasteiger partial charge is 0.490 e. The van der Waals surface area contributed by atoms with E-state index in [2.05, 4.69) is 5.32 Å². The Balaban J connectivity index is 1.84. The number of carbonyl (C=O) groups excluding carboxylic acids is 1. The minimum absolute atomic E-state index is 0.265. The van der Waals surface area contributed by atoms with Gasteiger partial charge in [-0.2, -0.15) is 0 Å². The molecular formula is C18H17NO3S. The van der Waals surface area contributed by atoms with E-state index in [0.29, 0.717) is 17.9 Å². The normalized spacial score (nSPS) is 10.7. The van der Waals surface area contributed by atoms with Crippen LogP contribution in [0.1, 0.15) is 17.5 Å². The minimum atomic E-state index is -0.277. The Morgan fingerprint density at radius 1 is 1.22 bits per heavy atom. The molecule has 4 nitrogen and oxygen atoms in total. The van der Waals surface area contributed by atoms with Gasteiger partial charge in [0.1, 0.15) is 0 Å². The fourth-order valence-corrected chi connectivity index (χ4v) is 2.69. The molecule has 1 amide bonds. The topological polar surface area (TPSA) is 51.5 Å². The third kappa shape index (κ3) is 3.35. The molecule has 2 aromatic carbocycles. The van der Waals surface area contributed by atoms with Gasteiger partial charge >= 0.3 is 0 Å². The number of furan rings is 1. The summed E-state index contributed by atoms with van der Waals surface area (Å²) >= 11 is 1.66. The quantitative estimate of drug-likeness (QED) is 0.684. The van der Waals surface area contributed by atoms with Crippen LogP contribution in [-0.4, -0.2) is 18.8 Å². The minimum Gasteiger partial charge on any atom is -0.490 e.